The van der Waals surface area contributed by atoms with Gasteiger partial charge in [0.05, 0.1) is 5.56 Å². The zero-order valence-corrected chi connectivity index (χ0v) is 14.0. The molecule has 0 fully saturated rings. The standard InChI is InChI=1S/C20H21N3O/c1-3-23-11-10-14-8-9-15(12-19(14)23)21-20(24)17-13-22(2)18-7-5-4-6-16(17)18/h4-9,12-13H,3,10-11H2,1-2H3,(H,21,24). The van der Waals surface area contributed by atoms with Crippen LogP contribution in [0.3, 0.4) is 0 Å². The second-order valence-corrected chi connectivity index (χ2v) is 6.30. The van der Waals surface area contributed by atoms with E-state index in [4.69, 9.17) is 0 Å². The largest absolute Gasteiger partial charge is 0.371 e. The number of nitrogens with zero attached hydrogens (tertiary/aromatic N) is 2. The fraction of sp³-hybridized carbons (Fsp3) is 0.250. The summed E-state index contributed by atoms with van der Waals surface area (Å²) >= 11 is 0. The Kier molecular flexibility index (Phi) is 3.53. The lowest BCUT2D eigenvalue weighted by atomic mass is 10.1. The van der Waals surface area contributed by atoms with Crippen LogP contribution in [-0.4, -0.2) is 23.6 Å². The Morgan fingerprint density at radius 3 is 2.88 bits per heavy atom. The second kappa shape index (κ2) is 5.71. The maximum Gasteiger partial charge on any atom is 0.257 e. The predicted octanol–water partition coefficient (Wildman–Crippen LogP) is 3.81. The van der Waals surface area contributed by atoms with Crippen molar-refractivity contribution in [3.63, 3.8) is 0 Å². The van der Waals surface area contributed by atoms with Gasteiger partial charge in [-0.3, -0.25) is 4.79 Å². The quantitative estimate of drug-likeness (QED) is 0.797. The van der Waals surface area contributed by atoms with E-state index in [0.717, 1.165) is 36.1 Å². The van der Waals surface area contributed by atoms with Gasteiger partial charge >= 0.3 is 0 Å². The average Bonchev–Trinajstić information content (AvgIpc) is 3.16. The van der Waals surface area contributed by atoms with E-state index in [1.807, 2.05) is 48.1 Å². The van der Waals surface area contributed by atoms with Gasteiger partial charge in [0, 0.05) is 48.6 Å². The number of carbonyl (C=O) groups excluding carboxylic acids is 1. The molecular weight excluding hydrogens is 298 g/mol. The first-order valence-corrected chi connectivity index (χ1v) is 8.40. The Balaban J connectivity index is 1.65. The molecule has 0 saturated heterocycles. The van der Waals surface area contributed by atoms with Gasteiger partial charge in [-0.1, -0.05) is 24.3 Å². The zero-order chi connectivity index (χ0) is 16.7. The summed E-state index contributed by atoms with van der Waals surface area (Å²) < 4.78 is 1.99. The molecule has 1 aromatic heterocycles. The van der Waals surface area contributed by atoms with Crippen molar-refractivity contribution in [1.29, 1.82) is 0 Å². The Morgan fingerprint density at radius 1 is 1.21 bits per heavy atom. The number of carbonyl (C=O) groups is 1. The van der Waals surface area contributed by atoms with E-state index in [1.54, 1.807) is 0 Å². The average molecular weight is 319 g/mol. The first-order chi connectivity index (χ1) is 11.7. The molecule has 0 spiro atoms. The minimum atomic E-state index is -0.0622. The van der Waals surface area contributed by atoms with Crippen molar-refractivity contribution in [2.75, 3.05) is 23.3 Å². The number of likely N-dealkylation sites (N-methyl/N-ethyl adjacent to an activating group) is 1. The minimum absolute atomic E-state index is 0.0622. The van der Waals surface area contributed by atoms with Crippen LogP contribution in [0.25, 0.3) is 10.9 Å². The molecule has 122 valence electrons. The summed E-state index contributed by atoms with van der Waals surface area (Å²) in [4.78, 5) is 15.1. The lowest BCUT2D eigenvalue weighted by molar-refractivity contribution is 0.102. The van der Waals surface area contributed by atoms with Crippen LogP contribution in [0.15, 0.2) is 48.7 Å². The Hall–Kier alpha value is -2.75. The van der Waals surface area contributed by atoms with Gasteiger partial charge in [-0.05, 0) is 37.1 Å². The topological polar surface area (TPSA) is 37.3 Å². The molecule has 2 heterocycles. The van der Waals surface area contributed by atoms with Gasteiger partial charge in [-0.15, -0.1) is 0 Å². The molecule has 4 nitrogen and oxygen atoms in total. The molecule has 4 heteroatoms. The summed E-state index contributed by atoms with van der Waals surface area (Å²) in [5, 5.41) is 4.04. The molecule has 4 rings (SSSR count). The SMILES string of the molecule is CCN1CCc2ccc(NC(=O)c3cn(C)c4ccccc34)cc21. The van der Waals surface area contributed by atoms with Crippen LogP contribution in [0.4, 0.5) is 11.4 Å². The summed E-state index contributed by atoms with van der Waals surface area (Å²) in [5.41, 5.74) is 5.23. The molecule has 0 unspecified atom stereocenters. The molecule has 0 atom stereocenters. The van der Waals surface area contributed by atoms with Crippen molar-refractivity contribution in [1.82, 2.24) is 4.57 Å². The molecule has 0 radical (unpaired) electrons. The number of para-hydroxylation sites is 1. The van der Waals surface area contributed by atoms with E-state index in [1.165, 1.54) is 11.3 Å². The van der Waals surface area contributed by atoms with Crippen LogP contribution in [0.1, 0.15) is 22.8 Å². The Bertz CT molecular complexity index is 926. The van der Waals surface area contributed by atoms with Gasteiger partial charge in [-0.25, -0.2) is 0 Å². The first-order valence-electron chi connectivity index (χ1n) is 8.40. The maximum atomic E-state index is 12.8. The molecule has 2 aromatic carbocycles. The summed E-state index contributed by atoms with van der Waals surface area (Å²) in [5.74, 6) is -0.0622. The van der Waals surface area contributed by atoms with Gasteiger partial charge in [-0.2, -0.15) is 0 Å². The highest BCUT2D eigenvalue weighted by atomic mass is 16.1. The summed E-state index contributed by atoms with van der Waals surface area (Å²) in [6, 6.07) is 14.2. The third kappa shape index (κ3) is 2.35. The van der Waals surface area contributed by atoms with Gasteiger partial charge in [0.1, 0.15) is 0 Å². The van der Waals surface area contributed by atoms with E-state index in [0.29, 0.717) is 5.56 Å². The summed E-state index contributed by atoms with van der Waals surface area (Å²) in [7, 11) is 1.97. The third-order valence-electron chi connectivity index (χ3n) is 4.86. The Morgan fingerprint density at radius 2 is 2.04 bits per heavy atom. The molecular formula is C20H21N3O. The number of aromatic nitrogens is 1. The van der Waals surface area contributed by atoms with Gasteiger partial charge in [0.25, 0.3) is 5.91 Å². The molecule has 3 aromatic rings. The van der Waals surface area contributed by atoms with Crippen molar-refractivity contribution in [2.45, 2.75) is 13.3 Å². The van der Waals surface area contributed by atoms with Crippen molar-refractivity contribution < 1.29 is 4.79 Å². The van der Waals surface area contributed by atoms with Gasteiger partial charge in [0.2, 0.25) is 0 Å². The summed E-state index contributed by atoms with van der Waals surface area (Å²) in [6.45, 7) is 4.22. The zero-order valence-electron chi connectivity index (χ0n) is 14.0. The minimum Gasteiger partial charge on any atom is -0.371 e. The van der Waals surface area contributed by atoms with Gasteiger partial charge in [0.15, 0.2) is 0 Å². The maximum absolute atomic E-state index is 12.8. The van der Waals surface area contributed by atoms with Crippen molar-refractivity contribution >= 4 is 28.2 Å². The monoisotopic (exact) mass is 319 g/mol. The second-order valence-electron chi connectivity index (χ2n) is 6.30. The molecule has 1 N–H and O–H groups in total. The number of rotatable bonds is 3. The van der Waals surface area contributed by atoms with Crippen molar-refractivity contribution in [2.24, 2.45) is 7.05 Å². The number of aryl methyl sites for hydroxylation is 1. The molecule has 1 aliphatic rings. The highest BCUT2D eigenvalue weighted by Gasteiger charge is 2.19. The van der Waals surface area contributed by atoms with Crippen LogP contribution in [-0.2, 0) is 13.5 Å². The highest BCUT2D eigenvalue weighted by molar-refractivity contribution is 6.13. The molecule has 24 heavy (non-hydrogen) atoms. The van der Waals surface area contributed by atoms with E-state index in [-0.39, 0.29) is 5.91 Å². The van der Waals surface area contributed by atoms with E-state index in [2.05, 4.69) is 29.3 Å². The highest BCUT2D eigenvalue weighted by Crippen LogP contribution is 2.31. The van der Waals surface area contributed by atoms with E-state index >= 15 is 0 Å². The van der Waals surface area contributed by atoms with Crippen molar-refractivity contribution in [3.8, 4) is 0 Å². The van der Waals surface area contributed by atoms with Crippen molar-refractivity contribution in [3.05, 3.63) is 59.8 Å². The number of amides is 1. The first kappa shape index (κ1) is 14.8. The van der Waals surface area contributed by atoms with Crippen LogP contribution in [0, 0.1) is 0 Å². The van der Waals surface area contributed by atoms with E-state index in [9.17, 15) is 4.79 Å². The lowest BCUT2D eigenvalue weighted by Gasteiger charge is -2.17. The van der Waals surface area contributed by atoms with Gasteiger partial charge < -0.3 is 14.8 Å². The number of hydrogen-bond acceptors (Lipinski definition) is 2. The normalized spacial score (nSPS) is 13.3. The Labute approximate surface area is 141 Å². The van der Waals surface area contributed by atoms with Crippen LogP contribution < -0.4 is 10.2 Å². The lowest BCUT2D eigenvalue weighted by Crippen LogP contribution is -2.19. The predicted molar refractivity (Wildman–Crippen MR) is 98.9 cm³/mol. The molecule has 1 aliphatic heterocycles. The van der Waals surface area contributed by atoms with Crippen LogP contribution >= 0.6 is 0 Å². The number of fused-ring (bicyclic) bond motifs is 2. The fourth-order valence-corrected chi connectivity index (χ4v) is 3.57. The smallest absolute Gasteiger partial charge is 0.257 e. The van der Waals surface area contributed by atoms with Crippen LogP contribution in [0.5, 0.6) is 0 Å². The number of anilines is 2. The number of hydrogen-bond donors (Lipinski definition) is 1. The fourth-order valence-electron chi connectivity index (χ4n) is 3.57. The third-order valence-corrected chi connectivity index (χ3v) is 4.86. The van der Waals surface area contributed by atoms with E-state index < -0.39 is 0 Å². The summed E-state index contributed by atoms with van der Waals surface area (Å²) in [6.07, 6.45) is 2.98. The van der Waals surface area contributed by atoms with Crippen LogP contribution in [0.2, 0.25) is 0 Å². The number of nitrogens with one attached hydrogen (secondary N) is 1. The molecule has 0 bridgehead atoms. The molecule has 0 aliphatic carbocycles. The molecule has 1 amide bonds. The number of benzene rings is 2. The molecule has 0 saturated carbocycles.